The molecular formula is C29H29ClN4OS. The molecule has 0 fully saturated rings. The zero-order chi connectivity index (χ0) is 25.3. The third kappa shape index (κ3) is 7.33. The largest absolute Gasteiger partial charge is 0.363 e. The predicted octanol–water partition coefficient (Wildman–Crippen LogP) is 6.37. The van der Waals surface area contributed by atoms with E-state index in [0.717, 1.165) is 23.4 Å². The summed E-state index contributed by atoms with van der Waals surface area (Å²) in [6.45, 7) is 1.20. The van der Waals surface area contributed by atoms with Gasteiger partial charge in [-0.2, -0.15) is 0 Å². The Balaban J connectivity index is 1.49. The highest BCUT2D eigenvalue weighted by Crippen LogP contribution is 2.24. The van der Waals surface area contributed by atoms with E-state index < -0.39 is 0 Å². The molecule has 0 N–H and O–H groups in total. The molecule has 1 amide bonds. The molecule has 7 heteroatoms. The van der Waals surface area contributed by atoms with Gasteiger partial charge in [0.25, 0.3) is 5.91 Å². The molecule has 0 atom stereocenters. The number of hydrogen-bond acceptors (Lipinski definition) is 5. The minimum atomic E-state index is 0.0236. The summed E-state index contributed by atoms with van der Waals surface area (Å²) >= 11 is 7.68. The molecule has 36 heavy (non-hydrogen) atoms. The summed E-state index contributed by atoms with van der Waals surface area (Å²) in [5.41, 5.74) is 4.04. The monoisotopic (exact) mass is 516 g/mol. The van der Waals surface area contributed by atoms with Crippen LogP contribution < -0.4 is 4.90 Å². The molecule has 5 nitrogen and oxygen atoms in total. The van der Waals surface area contributed by atoms with Crippen molar-refractivity contribution in [3.8, 4) is 0 Å². The van der Waals surface area contributed by atoms with Crippen LogP contribution in [0, 0.1) is 0 Å². The third-order valence-electron chi connectivity index (χ3n) is 5.68. The average Bonchev–Trinajstić information content (AvgIpc) is 2.90. The predicted molar refractivity (Wildman–Crippen MR) is 149 cm³/mol. The van der Waals surface area contributed by atoms with Crippen LogP contribution in [0.1, 0.15) is 27.0 Å². The fraction of sp³-hybridized carbons (Fsp3) is 0.207. The fourth-order valence-electron chi connectivity index (χ4n) is 3.77. The van der Waals surface area contributed by atoms with Crippen LogP contribution in [-0.2, 0) is 18.7 Å². The first-order valence-corrected chi connectivity index (χ1v) is 13.1. The maximum atomic E-state index is 13.6. The van der Waals surface area contributed by atoms with E-state index in [2.05, 4.69) is 34.2 Å². The van der Waals surface area contributed by atoms with Crippen molar-refractivity contribution >= 4 is 35.1 Å². The Morgan fingerprint density at radius 2 is 1.50 bits per heavy atom. The van der Waals surface area contributed by atoms with Gasteiger partial charge in [-0.3, -0.25) is 4.79 Å². The molecule has 0 saturated carbocycles. The maximum absolute atomic E-state index is 13.6. The summed E-state index contributed by atoms with van der Waals surface area (Å²) in [5, 5.41) is 1.02. The molecule has 0 saturated heterocycles. The van der Waals surface area contributed by atoms with Gasteiger partial charge in [0, 0.05) is 44.6 Å². The van der Waals surface area contributed by atoms with Crippen molar-refractivity contribution in [3.05, 3.63) is 118 Å². The number of carbonyl (C=O) groups is 1. The second kappa shape index (κ2) is 12.6. The molecule has 0 bridgehead atoms. The Morgan fingerprint density at radius 1 is 0.833 bits per heavy atom. The van der Waals surface area contributed by atoms with Crippen molar-refractivity contribution in [2.75, 3.05) is 25.5 Å². The van der Waals surface area contributed by atoms with E-state index in [1.54, 1.807) is 6.07 Å². The van der Waals surface area contributed by atoms with E-state index in [1.165, 1.54) is 17.3 Å². The van der Waals surface area contributed by atoms with Gasteiger partial charge in [0.15, 0.2) is 5.16 Å². The number of nitrogens with zero attached hydrogens (tertiary/aromatic N) is 4. The van der Waals surface area contributed by atoms with Crippen molar-refractivity contribution in [2.24, 2.45) is 0 Å². The van der Waals surface area contributed by atoms with Gasteiger partial charge in [-0.1, -0.05) is 96.2 Å². The lowest BCUT2D eigenvalue weighted by atomic mass is 10.1. The molecule has 0 spiro atoms. The van der Waals surface area contributed by atoms with Crippen LogP contribution in [-0.4, -0.2) is 41.4 Å². The van der Waals surface area contributed by atoms with Gasteiger partial charge in [-0.25, -0.2) is 9.97 Å². The van der Waals surface area contributed by atoms with E-state index in [0.29, 0.717) is 34.7 Å². The molecule has 0 radical (unpaired) electrons. The Bertz CT molecular complexity index is 1280. The number of halogens is 1. The lowest BCUT2D eigenvalue weighted by molar-refractivity contribution is 0.0745. The van der Waals surface area contributed by atoms with E-state index in [9.17, 15) is 4.79 Å². The van der Waals surface area contributed by atoms with Crippen molar-refractivity contribution in [1.82, 2.24) is 14.9 Å². The molecule has 0 aliphatic carbocycles. The van der Waals surface area contributed by atoms with E-state index in [-0.39, 0.29) is 5.91 Å². The van der Waals surface area contributed by atoms with Crippen LogP contribution in [0.2, 0.25) is 5.15 Å². The molecule has 4 rings (SSSR count). The highest BCUT2D eigenvalue weighted by atomic mass is 35.5. The SMILES string of the molecule is CN(C)c1cc(Cl)nc(SCc2cccc(C(=O)N(CCc3ccccc3)Cc3ccccc3)c2)n1. The van der Waals surface area contributed by atoms with Crippen LogP contribution in [0.4, 0.5) is 5.82 Å². The summed E-state index contributed by atoms with van der Waals surface area (Å²) in [6, 6.07) is 29.9. The topological polar surface area (TPSA) is 49.3 Å². The van der Waals surface area contributed by atoms with Crippen molar-refractivity contribution in [3.63, 3.8) is 0 Å². The fourth-order valence-corrected chi connectivity index (χ4v) is 4.79. The van der Waals surface area contributed by atoms with E-state index >= 15 is 0 Å². The van der Waals surface area contributed by atoms with Crippen LogP contribution >= 0.6 is 23.4 Å². The van der Waals surface area contributed by atoms with Crippen LogP contribution in [0.3, 0.4) is 0 Å². The Kier molecular flexibility index (Phi) is 8.98. The quantitative estimate of drug-likeness (QED) is 0.139. The number of carbonyl (C=O) groups excluding carboxylic acids is 1. The van der Waals surface area contributed by atoms with Gasteiger partial charge < -0.3 is 9.80 Å². The van der Waals surface area contributed by atoms with Crippen LogP contribution in [0.15, 0.2) is 96.2 Å². The number of hydrogen-bond donors (Lipinski definition) is 0. The van der Waals surface area contributed by atoms with Gasteiger partial charge >= 0.3 is 0 Å². The number of anilines is 1. The summed E-state index contributed by atoms with van der Waals surface area (Å²) in [7, 11) is 3.84. The second-order valence-electron chi connectivity index (χ2n) is 8.66. The first kappa shape index (κ1) is 25.7. The molecule has 1 aromatic heterocycles. The van der Waals surface area contributed by atoms with Gasteiger partial charge in [0.05, 0.1) is 0 Å². The first-order chi connectivity index (χ1) is 17.5. The summed E-state index contributed by atoms with van der Waals surface area (Å²) < 4.78 is 0. The first-order valence-electron chi connectivity index (χ1n) is 11.8. The number of benzene rings is 3. The van der Waals surface area contributed by atoms with Crippen LogP contribution in [0.25, 0.3) is 0 Å². The van der Waals surface area contributed by atoms with Gasteiger partial charge in [-0.15, -0.1) is 0 Å². The molecule has 184 valence electrons. The maximum Gasteiger partial charge on any atom is 0.254 e. The van der Waals surface area contributed by atoms with Gasteiger partial charge in [0.1, 0.15) is 11.0 Å². The summed E-state index contributed by atoms with van der Waals surface area (Å²) in [5.74, 6) is 1.42. The minimum absolute atomic E-state index is 0.0236. The van der Waals surface area contributed by atoms with Gasteiger partial charge in [-0.05, 0) is 35.2 Å². The zero-order valence-electron chi connectivity index (χ0n) is 20.5. The number of amides is 1. The molecule has 0 aliphatic rings. The normalized spacial score (nSPS) is 10.8. The Morgan fingerprint density at radius 3 is 2.19 bits per heavy atom. The van der Waals surface area contributed by atoms with Crippen LogP contribution in [0.5, 0.6) is 0 Å². The number of rotatable bonds is 10. The molecule has 0 aliphatic heterocycles. The Labute approximate surface area is 222 Å². The van der Waals surface area contributed by atoms with Crippen molar-refractivity contribution < 1.29 is 4.79 Å². The van der Waals surface area contributed by atoms with Crippen molar-refractivity contribution in [2.45, 2.75) is 23.9 Å². The minimum Gasteiger partial charge on any atom is -0.363 e. The van der Waals surface area contributed by atoms with E-state index in [4.69, 9.17) is 11.6 Å². The van der Waals surface area contributed by atoms with E-state index in [1.807, 2.05) is 84.6 Å². The molecular weight excluding hydrogens is 488 g/mol. The standard InChI is InChI=1S/C29H29ClN4OS/c1-33(2)27-19-26(30)31-29(32-27)36-21-24-14-9-15-25(18-24)28(35)34(20-23-12-7-4-8-13-23)17-16-22-10-5-3-6-11-22/h3-15,18-19H,16-17,20-21H2,1-2H3. The number of thioether (sulfide) groups is 1. The van der Waals surface area contributed by atoms with Crippen molar-refractivity contribution in [1.29, 1.82) is 0 Å². The highest BCUT2D eigenvalue weighted by Gasteiger charge is 2.17. The van der Waals surface area contributed by atoms with Gasteiger partial charge in [0.2, 0.25) is 0 Å². The highest BCUT2D eigenvalue weighted by molar-refractivity contribution is 7.98. The molecule has 0 unspecified atom stereocenters. The molecule has 1 heterocycles. The molecule has 3 aromatic carbocycles. The smallest absolute Gasteiger partial charge is 0.254 e. The lowest BCUT2D eigenvalue weighted by Crippen LogP contribution is -2.32. The summed E-state index contributed by atoms with van der Waals surface area (Å²) in [4.78, 5) is 26.3. The lowest BCUT2D eigenvalue weighted by Gasteiger charge is -2.23. The zero-order valence-corrected chi connectivity index (χ0v) is 22.0. The average molecular weight is 517 g/mol. The number of aromatic nitrogens is 2. The third-order valence-corrected chi connectivity index (χ3v) is 6.79. The Hall–Kier alpha value is -3.35. The summed E-state index contributed by atoms with van der Waals surface area (Å²) in [6.07, 6.45) is 0.801. The molecule has 4 aromatic rings. The second-order valence-corrected chi connectivity index (χ2v) is 9.99.